The van der Waals surface area contributed by atoms with Crippen molar-refractivity contribution in [1.29, 1.82) is 0 Å². The Kier molecular flexibility index (Phi) is 6.04. The lowest BCUT2D eigenvalue weighted by atomic mass is 9.77. The Morgan fingerprint density at radius 1 is 0.971 bits per heavy atom. The summed E-state index contributed by atoms with van der Waals surface area (Å²) in [5.41, 5.74) is 3.39. The SMILES string of the molecule is COc1ccccc1NS(=O)(=O)c1ccc2c(c1)[C@H]1C=CC[C@H]1[C@@H](c1cc(Br)ccc1OC)N2. The van der Waals surface area contributed by atoms with E-state index in [1.165, 1.54) is 7.11 Å². The minimum Gasteiger partial charge on any atom is -0.496 e. The van der Waals surface area contributed by atoms with Gasteiger partial charge in [-0.05, 0) is 66.4 Å². The second-order valence-electron chi connectivity index (χ2n) is 8.42. The van der Waals surface area contributed by atoms with E-state index in [2.05, 4.69) is 44.2 Å². The molecule has 1 aliphatic carbocycles. The van der Waals surface area contributed by atoms with E-state index in [0.717, 1.165) is 33.5 Å². The largest absolute Gasteiger partial charge is 0.496 e. The van der Waals surface area contributed by atoms with Gasteiger partial charge < -0.3 is 14.8 Å². The summed E-state index contributed by atoms with van der Waals surface area (Å²) in [5.74, 6) is 1.65. The predicted molar refractivity (Wildman–Crippen MR) is 137 cm³/mol. The van der Waals surface area contributed by atoms with Gasteiger partial charge in [0.15, 0.2) is 0 Å². The zero-order valence-electron chi connectivity index (χ0n) is 18.8. The molecule has 5 rings (SSSR count). The van der Waals surface area contributed by atoms with Gasteiger partial charge in [0.25, 0.3) is 10.0 Å². The summed E-state index contributed by atoms with van der Waals surface area (Å²) < 4.78 is 41.1. The highest BCUT2D eigenvalue weighted by Gasteiger charge is 2.39. The molecule has 6 nitrogen and oxygen atoms in total. The van der Waals surface area contributed by atoms with Crippen molar-refractivity contribution in [2.24, 2.45) is 5.92 Å². The topological polar surface area (TPSA) is 76.7 Å². The van der Waals surface area contributed by atoms with E-state index in [0.29, 0.717) is 11.4 Å². The van der Waals surface area contributed by atoms with Gasteiger partial charge >= 0.3 is 0 Å². The number of sulfonamides is 1. The Morgan fingerprint density at radius 2 is 1.76 bits per heavy atom. The van der Waals surface area contributed by atoms with E-state index in [4.69, 9.17) is 9.47 Å². The number of hydrogen-bond acceptors (Lipinski definition) is 5. The molecule has 2 N–H and O–H groups in total. The van der Waals surface area contributed by atoms with Crippen LogP contribution in [0, 0.1) is 5.92 Å². The first-order valence-corrected chi connectivity index (χ1v) is 13.3. The van der Waals surface area contributed by atoms with Crippen LogP contribution in [0.4, 0.5) is 11.4 Å². The summed E-state index contributed by atoms with van der Waals surface area (Å²) in [6.45, 7) is 0. The first-order valence-electron chi connectivity index (χ1n) is 11.0. The lowest BCUT2D eigenvalue weighted by Gasteiger charge is -2.38. The third kappa shape index (κ3) is 4.05. The highest BCUT2D eigenvalue weighted by Crippen LogP contribution is 2.51. The lowest BCUT2D eigenvalue weighted by molar-refractivity contribution is 0.381. The quantitative estimate of drug-likeness (QED) is 0.369. The van der Waals surface area contributed by atoms with Crippen molar-refractivity contribution in [3.63, 3.8) is 0 Å². The van der Waals surface area contributed by atoms with Crippen LogP contribution in [-0.2, 0) is 10.0 Å². The first kappa shape index (κ1) is 22.8. The molecular formula is C26H25BrN2O4S. The molecule has 3 aromatic carbocycles. The molecule has 3 atom stereocenters. The summed E-state index contributed by atoms with van der Waals surface area (Å²) in [6.07, 6.45) is 5.26. The lowest BCUT2D eigenvalue weighted by Crippen LogP contribution is -2.29. The van der Waals surface area contributed by atoms with Crippen molar-refractivity contribution >= 4 is 37.3 Å². The van der Waals surface area contributed by atoms with Crippen molar-refractivity contribution in [2.45, 2.75) is 23.3 Å². The van der Waals surface area contributed by atoms with Gasteiger partial charge in [0.2, 0.25) is 0 Å². The number of methoxy groups -OCH3 is 2. The number of ether oxygens (including phenoxy) is 2. The second kappa shape index (κ2) is 9.00. The van der Waals surface area contributed by atoms with Crippen molar-refractivity contribution < 1.29 is 17.9 Å². The van der Waals surface area contributed by atoms with Crippen LogP contribution in [0.2, 0.25) is 0 Å². The molecule has 34 heavy (non-hydrogen) atoms. The van der Waals surface area contributed by atoms with Gasteiger partial charge in [0.05, 0.1) is 30.8 Å². The van der Waals surface area contributed by atoms with E-state index in [-0.39, 0.29) is 22.8 Å². The Morgan fingerprint density at radius 3 is 2.56 bits per heavy atom. The molecule has 0 spiro atoms. The molecule has 0 saturated heterocycles. The molecule has 0 unspecified atom stereocenters. The van der Waals surface area contributed by atoms with Gasteiger partial charge in [-0.3, -0.25) is 4.72 Å². The highest BCUT2D eigenvalue weighted by atomic mass is 79.9. The molecule has 0 aromatic heterocycles. The number of nitrogens with one attached hydrogen (secondary N) is 2. The molecular weight excluding hydrogens is 516 g/mol. The molecule has 0 saturated carbocycles. The van der Waals surface area contributed by atoms with Crippen LogP contribution < -0.4 is 19.5 Å². The number of fused-ring (bicyclic) bond motifs is 3. The van der Waals surface area contributed by atoms with E-state index >= 15 is 0 Å². The summed E-state index contributed by atoms with van der Waals surface area (Å²) in [4.78, 5) is 0.219. The van der Waals surface area contributed by atoms with E-state index in [1.807, 2.05) is 18.2 Å². The molecule has 0 amide bonds. The molecule has 0 fully saturated rings. The van der Waals surface area contributed by atoms with Crippen LogP contribution in [0.15, 0.2) is 82.2 Å². The number of hydrogen-bond donors (Lipinski definition) is 2. The second-order valence-corrected chi connectivity index (χ2v) is 11.0. The molecule has 0 radical (unpaired) electrons. The van der Waals surface area contributed by atoms with Crippen LogP contribution in [0.5, 0.6) is 11.5 Å². The van der Waals surface area contributed by atoms with Crippen LogP contribution in [0.25, 0.3) is 0 Å². The average molecular weight is 541 g/mol. The minimum atomic E-state index is -3.80. The number of anilines is 2. The van der Waals surface area contributed by atoms with Crippen molar-refractivity contribution in [3.05, 3.63) is 88.4 Å². The van der Waals surface area contributed by atoms with Crippen LogP contribution in [0.3, 0.4) is 0 Å². The van der Waals surface area contributed by atoms with Crippen LogP contribution in [0.1, 0.15) is 29.5 Å². The molecule has 1 aliphatic heterocycles. The fourth-order valence-electron chi connectivity index (χ4n) is 4.93. The van der Waals surface area contributed by atoms with Gasteiger partial charge in [-0.25, -0.2) is 8.42 Å². The van der Waals surface area contributed by atoms with Crippen LogP contribution in [-0.4, -0.2) is 22.6 Å². The number of rotatable bonds is 6. The molecule has 3 aromatic rings. The molecule has 2 aliphatic rings. The summed E-state index contributed by atoms with van der Waals surface area (Å²) in [7, 11) is -0.603. The standard InChI is InChI=1S/C26H25BrN2O4S/c1-32-24-13-10-16(27)14-21(24)26-19-7-5-6-18(19)20-15-17(11-12-22(20)28-26)34(30,31)29-23-8-3-4-9-25(23)33-2/h3-6,8-15,18-19,26,28-29H,7H2,1-2H3/t18-,19+,26-/m0/s1. The molecule has 8 heteroatoms. The number of benzene rings is 3. The predicted octanol–water partition coefficient (Wildman–Crippen LogP) is 6.09. The zero-order chi connectivity index (χ0) is 23.9. The van der Waals surface area contributed by atoms with E-state index < -0.39 is 10.0 Å². The van der Waals surface area contributed by atoms with Gasteiger partial charge in [-0.1, -0.05) is 40.2 Å². The fourth-order valence-corrected chi connectivity index (χ4v) is 6.41. The molecule has 176 valence electrons. The average Bonchev–Trinajstić information content (AvgIpc) is 3.34. The Labute approximate surface area is 208 Å². The summed E-state index contributed by atoms with van der Waals surface area (Å²) in [6, 6.07) is 18.3. The maximum atomic E-state index is 13.2. The smallest absolute Gasteiger partial charge is 0.262 e. The monoisotopic (exact) mass is 540 g/mol. The van der Waals surface area contributed by atoms with Gasteiger partial charge in [-0.2, -0.15) is 0 Å². The summed E-state index contributed by atoms with van der Waals surface area (Å²) >= 11 is 3.58. The normalized spacial score (nSPS) is 20.7. The summed E-state index contributed by atoms with van der Waals surface area (Å²) in [5, 5.41) is 3.66. The first-order chi connectivity index (χ1) is 16.4. The minimum absolute atomic E-state index is 0.0362. The van der Waals surface area contributed by atoms with Crippen molar-refractivity contribution in [1.82, 2.24) is 0 Å². The molecule has 1 heterocycles. The van der Waals surface area contributed by atoms with Gasteiger partial charge in [0, 0.05) is 21.6 Å². The van der Waals surface area contributed by atoms with Gasteiger partial charge in [-0.15, -0.1) is 0 Å². The van der Waals surface area contributed by atoms with E-state index in [9.17, 15) is 8.42 Å². The highest BCUT2D eigenvalue weighted by molar-refractivity contribution is 9.10. The number of halogens is 1. The third-order valence-electron chi connectivity index (χ3n) is 6.52. The fraction of sp³-hybridized carbons (Fsp3) is 0.231. The maximum Gasteiger partial charge on any atom is 0.262 e. The number of allylic oxidation sites excluding steroid dienone is 2. The number of para-hydroxylation sites is 2. The van der Waals surface area contributed by atoms with Crippen molar-refractivity contribution in [2.75, 3.05) is 24.3 Å². The maximum absolute atomic E-state index is 13.2. The Hall–Kier alpha value is -2.97. The van der Waals surface area contributed by atoms with Gasteiger partial charge in [0.1, 0.15) is 11.5 Å². The zero-order valence-corrected chi connectivity index (χ0v) is 21.2. The van der Waals surface area contributed by atoms with Crippen LogP contribution >= 0.6 is 15.9 Å². The Bertz CT molecular complexity index is 1370. The third-order valence-corrected chi connectivity index (χ3v) is 8.38. The van der Waals surface area contributed by atoms with Crippen molar-refractivity contribution in [3.8, 4) is 11.5 Å². The van der Waals surface area contributed by atoms with E-state index in [1.54, 1.807) is 43.5 Å². The molecule has 0 bridgehead atoms. The Balaban J connectivity index is 1.51.